The lowest BCUT2D eigenvalue weighted by Crippen LogP contribution is -2.30. The third kappa shape index (κ3) is 3.46. The lowest BCUT2D eigenvalue weighted by Gasteiger charge is -2.22. The third-order valence-corrected chi connectivity index (χ3v) is 2.98. The average molecular weight is 253 g/mol. The normalized spacial score (nSPS) is 16.3. The molecule has 0 spiro atoms. The maximum Gasteiger partial charge on any atom is 0.323 e. The number of methoxy groups -OCH3 is 2. The molecule has 1 aromatic rings. The van der Waals surface area contributed by atoms with E-state index in [4.69, 9.17) is 14.2 Å². The van der Waals surface area contributed by atoms with Crippen LogP contribution >= 0.6 is 0 Å². The van der Waals surface area contributed by atoms with Crippen molar-refractivity contribution < 1.29 is 14.2 Å². The van der Waals surface area contributed by atoms with E-state index in [1.165, 1.54) is 0 Å². The van der Waals surface area contributed by atoms with Crippen LogP contribution in [-0.4, -0.2) is 43.9 Å². The largest absolute Gasteiger partial charge is 0.481 e. The number of rotatable bonds is 5. The van der Waals surface area contributed by atoms with Crippen molar-refractivity contribution in [1.82, 2.24) is 15.3 Å². The third-order valence-electron chi connectivity index (χ3n) is 2.98. The number of aromatic nitrogens is 2. The smallest absolute Gasteiger partial charge is 0.323 e. The zero-order valence-corrected chi connectivity index (χ0v) is 10.8. The van der Waals surface area contributed by atoms with Gasteiger partial charge >= 0.3 is 6.01 Å². The van der Waals surface area contributed by atoms with Crippen molar-refractivity contribution in [2.24, 2.45) is 5.92 Å². The number of ether oxygens (including phenoxy) is 3. The molecule has 1 N–H and O–H groups in total. The first kappa shape index (κ1) is 12.9. The first-order chi connectivity index (χ1) is 8.81. The highest BCUT2D eigenvalue weighted by molar-refractivity contribution is 5.22. The Morgan fingerprint density at radius 2 is 1.78 bits per heavy atom. The van der Waals surface area contributed by atoms with E-state index in [1.54, 1.807) is 20.3 Å². The van der Waals surface area contributed by atoms with E-state index < -0.39 is 0 Å². The Hall–Kier alpha value is -1.56. The summed E-state index contributed by atoms with van der Waals surface area (Å²) < 4.78 is 15.8. The fourth-order valence-corrected chi connectivity index (χ4v) is 1.90. The molecule has 0 radical (unpaired) electrons. The molecule has 0 amide bonds. The van der Waals surface area contributed by atoms with Crippen LogP contribution in [0.15, 0.2) is 6.07 Å². The predicted octanol–water partition coefficient (Wildman–Crippen LogP) is 0.872. The second kappa shape index (κ2) is 6.39. The van der Waals surface area contributed by atoms with Crippen molar-refractivity contribution >= 4 is 0 Å². The summed E-state index contributed by atoms with van der Waals surface area (Å²) in [6.45, 7) is 2.74. The summed E-state index contributed by atoms with van der Waals surface area (Å²) in [4.78, 5) is 8.27. The minimum absolute atomic E-state index is 0.310. The number of piperidine rings is 1. The first-order valence-corrected chi connectivity index (χ1v) is 6.12. The summed E-state index contributed by atoms with van der Waals surface area (Å²) in [5, 5.41) is 3.32. The van der Waals surface area contributed by atoms with E-state index >= 15 is 0 Å². The predicted molar refractivity (Wildman–Crippen MR) is 66.2 cm³/mol. The maximum absolute atomic E-state index is 5.62. The molecule has 1 fully saturated rings. The summed E-state index contributed by atoms with van der Waals surface area (Å²) in [5.74, 6) is 1.45. The van der Waals surface area contributed by atoms with Gasteiger partial charge in [-0.3, -0.25) is 0 Å². The van der Waals surface area contributed by atoms with Gasteiger partial charge in [0, 0.05) is 0 Å². The topological polar surface area (TPSA) is 65.5 Å². The lowest BCUT2D eigenvalue weighted by molar-refractivity contribution is 0.197. The molecule has 2 rings (SSSR count). The Labute approximate surface area is 107 Å². The van der Waals surface area contributed by atoms with E-state index in [9.17, 15) is 0 Å². The van der Waals surface area contributed by atoms with Crippen LogP contribution in [-0.2, 0) is 0 Å². The van der Waals surface area contributed by atoms with Gasteiger partial charge in [0.05, 0.1) is 26.9 Å². The maximum atomic E-state index is 5.62. The molecule has 0 saturated carbocycles. The van der Waals surface area contributed by atoms with Gasteiger partial charge in [-0.05, 0) is 31.8 Å². The summed E-state index contributed by atoms with van der Waals surface area (Å²) in [7, 11) is 3.11. The quantitative estimate of drug-likeness (QED) is 0.840. The number of nitrogens with one attached hydrogen (secondary N) is 1. The molecule has 1 aromatic heterocycles. The second-order valence-corrected chi connectivity index (χ2v) is 4.24. The number of hydrogen-bond acceptors (Lipinski definition) is 6. The minimum Gasteiger partial charge on any atom is -0.481 e. The SMILES string of the molecule is COc1cc(OC)nc(OCC2CCNCC2)n1. The van der Waals surface area contributed by atoms with Gasteiger partial charge in [-0.2, -0.15) is 9.97 Å². The van der Waals surface area contributed by atoms with Crippen molar-refractivity contribution in [3.8, 4) is 17.8 Å². The molecule has 0 aliphatic carbocycles. The van der Waals surface area contributed by atoms with Gasteiger partial charge in [0.1, 0.15) is 0 Å². The van der Waals surface area contributed by atoms with Gasteiger partial charge in [-0.15, -0.1) is 0 Å². The Morgan fingerprint density at radius 1 is 1.17 bits per heavy atom. The zero-order chi connectivity index (χ0) is 12.8. The van der Waals surface area contributed by atoms with E-state index in [-0.39, 0.29) is 0 Å². The Balaban J connectivity index is 1.94. The van der Waals surface area contributed by atoms with Crippen LogP contribution in [0.4, 0.5) is 0 Å². The van der Waals surface area contributed by atoms with Crippen molar-refractivity contribution in [2.75, 3.05) is 33.9 Å². The molecule has 6 nitrogen and oxygen atoms in total. The van der Waals surface area contributed by atoms with Crippen LogP contribution in [0.5, 0.6) is 17.8 Å². The summed E-state index contributed by atoms with van der Waals surface area (Å²) in [6, 6.07) is 1.93. The molecule has 1 aliphatic heterocycles. The van der Waals surface area contributed by atoms with Crippen molar-refractivity contribution in [1.29, 1.82) is 0 Å². The van der Waals surface area contributed by atoms with Crippen LogP contribution in [0.1, 0.15) is 12.8 Å². The monoisotopic (exact) mass is 253 g/mol. The summed E-state index contributed by atoms with van der Waals surface area (Å²) in [6.07, 6.45) is 2.25. The number of nitrogens with zero attached hydrogens (tertiary/aromatic N) is 2. The lowest BCUT2D eigenvalue weighted by atomic mass is 9.99. The molecule has 100 valence electrons. The van der Waals surface area contributed by atoms with Gasteiger partial charge in [0.2, 0.25) is 11.8 Å². The van der Waals surface area contributed by atoms with Crippen LogP contribution in [0.2, 0.25) is 0 Å². The highest BCUT2D eigenvalue weighted by Crippen LogP contribution is 2.20. The summed E-state index contributed by atoms with van der Waals surface area (Å²) >= 11 is 0. The van der Waals surface area contributed by atoms with Gasteiger partial charge in [0.15, 0.2) is 0 Å². The van der Waals surface area contributed by atoms with E-state index in [0.717, 1.165) is 25.9 Å². The van der Waals surface area contributed by atoms with Gasteiger partial charge < -0.3 is 19.5 Å². The van der Waals surface area contributed by atoms with Crippen LogP contribution in [0.25, 0.3) is 0 Å². The molecule has 0 unspecified atom stereocenters. The highest BCUT2D eigenvalue weighted by atomic mass is 16.5. The molecule has 18 heavy (non-hydrogen) atoms. The standard InChI is InChI=1S/C12H19N3O3/c1-16-10-7-11(17-2)15-12(14-10)18-8-9-3-5-13-6-4-9/h7,9,13H,3-6,8H2,1-2H3. The molecule has 0 bridgehead atoms. The van der Waals surface area contributed by atoms with E-state index in [1.807, 2.05) is 0 Å². The van der Waals surface area contributed by atoms with Crippen LogP contribution < -0.4 is 19.5 Å². The molecule has 1 saturated heterocycles. The number of hydrogen-bond donors (Lipinski definition) is 1. The Morgan fingerprint density at radius 3 is 2.33 bits per heavy atom. The highest BCUT2D eigenvalue weighted by Gasteiger charge is 2.15. The van der Waals surface area contributed by atoms with Crippen LogP contribution in [0, 0.1) is 5.92 Å². The Kier molecular flexibility index (Phi) is 4.58. The van der Waals surface area contributed by atoms with Crippen LogP contribution in [0.3, 0.4) is 0 Å². The van der Waals surface area contributed by atoms with Crippen molar-refractivity contribution in [3.63, 3.8) is 0 Å². The first-order valence-electron chi connectivity index (χ1n) is 6.12. The molecule has 0 aromatic carbocycles. The molecule has 2 heterocycles. The average Bonchev–Trinajstić information content (AvgIpc) is 2.45. The molecule has 1 aliphatic rings. The molecule has 6 heteroatoms. The van der Waals surface area contributed by atoms with Gasteiger partial charge in [-0.1, -0.05) is 0 Å². The minimum atomic E-state index is 0.310. The summed E-state index contributed by atoms with van der Waals surface area (Å²) in [5.41, 5.74) is 0. The van der Waals surface area contributed by atoms with E-state index in [0.29, 0.717) is 30.3 Å². The van der Waals surface area contributed by atoms with Crippen molar-refractivity contribution in [3.05, 3.63) is 6.07 Å². The van der Waals surface area contributed by atoms with E-state index in [2.05, 4.69) is 15.3 Å². The molecule has 0 atom stereocenters. The second-order valence-electron chi connectivity index (χ2n) is 4.24. The van der Waals surface area contributed by atoms with Gasteiger partial charge in [0.25, 0.3) is 0 Å². The fraction of sp³-hybridized carbons (Fsp3) is 0.667. The molecular formula is C12H19N3O3. The van der Waals surface area contributed by atoms with Crippen molar-refractivity contribution in [2.45, 2.75) is 12.8 Å². The van der Waals surface area contributed by atoms with Gasteiger partial charge in [-0.25, -0.2) is 0 Å². The fourth-order valence-electron chi connectivity index (χ4n) is 1.90. The molecular weight excluding hydrogens is 234 g/mol. The zero-order valence-electron chi connectivity index (χ0n) is 10.8. The Bertz CT molecular complexity index is 359.